The van der Waals surface area contributed by atoms with Gasteiger partial charge in [-0.25, -0.2) is 4.68 Å². The molecule has 0 saturated carbocycles. The molecule has 0 unspecified atom stereocenters. The van der Waals surface area contributed by atoms with Gasteiger partial charge in [0.2, 0.25) is 11.1 Å². The highest BCUT2D eigenvalue weighted by molar-refractivity contribution is 7.99. The van der Waals surface area contributed by atoms with Gasteiger partial charge in [0.1, 0.15) is 12.4 Å². The zero-order chi connectivity index (χ0) is 21.7. The first kappa shape index (κ1) is 21.7. The van der Waals surface area contributed by atoms with Crippen LogP contribution in [0.5, 0.6) is 5.75 Å². The molecule has 0 aliphatic carbocycles. The van der Waals surface area contributed by atoms with Gasteiger partial charge >= 0.3 is 0 Å². The summed E-state index contributed by atoms with van der Waals surface area (Å²) < 4.78 is 7.20. The second kappa shape index (κ2) is 9.67. The summed E-state index contributed by atoms with van der Waals surface area (Å²) in [5, 5.41) is 8.66. The minimum absolute atomic E-state index is 0.00310. The lowest BCUT2D eigenvalue weighted by molar-refractivity contribution is -0.127. The normalized spacial score (nSPS) is 10.8. The van der Waals surface area contributed by atoms with Crippen LogP contribution < -0.4 is 10.6 Å². The lowest BCUT2D eigenvalue weighted by Crippen LogP contribution is -2.28. The van der Waals surface area contributed by atoms with Crippen molar-refractivity contribution in [3.63, 3.8) is 0 Å². The number of nitrogens with zero attached hydrogens (tertiary/aromatic N) is 4. The number of thioether (sulfide) groups is 1. The first-order valence-corrected chi connectivity index (χ1v) is 10.6. The van der Waals surface area contributed by atoms with Gasteiger partial charge in [-0.15, -0.1) is 10.2 Å². The van der Waals surface area contributed by atoms with Crippen LogP contribution in [0.4, 0.5) is 0 Å². The Bertz CT molecular complexity index is 1020. The summed E-state index contributed by atoms with van der Waals surface area (Å²) in [5.41, 5.74) is 4.52. The monoisotopic (exact) mass is 425 g/mol. The van der Waals surface area contributed by atoms with Crippen LogP contribution in [-0.2, 0) is 17.9 Å². The number of hydrogen-bond acceptors (Lipinski definition) is 6. The van der Waals surface area contributed by atoms with Gasteiger partial charge in [-0.05, 0) is 38.0 Å². The highest BCUT2D eigenvalue weighted by Crippen LogP contribution is 2.21. The summed E-state index contributed by atoms with van der Waals surface area (Å²) in [6, 6.07) is 14.1. The van der Waals surface area contributed by atoms with Gasteiger partial charge < -0.3 is 15.5 Å². The number of rotatable bonds is 8. The first-order valence-electron chi connectivity index (χ1n) is 9.65. The molecule has 0 saturated heterocycles. The second-order valence-corrected chi connectivity index (χ2v) is 8.29. The number of hydrogen-bond donors (Lipinski definition) is 1. The number of carbonyl (C=O) groups is 1. The molecule has 1 aromatic heterocycles. The van der Waals surface area contributed by atoms with Crippen molar-refractivity contribution in [3.8, 4) is 5.75 Å². The highest BCUT2D eigenvalue weighted by atomic mass is 32.2. The number of carbonyl (C=O) groups excluding carboxylic acids is 1. The number of aryl methyl sites for hydroxylation is 3. The van der Waals surface area contributed by atoms with E-state index in [1.165, 1.54) is 27.6 Å². The Hall–Kier alpha value is -3.00. The molecule has 7 nitrogen and oxygen atoms in total. The lowest BCUT2D eigenvalue weighted by atomic mass is 10.1. The number of nitrogen functional groups attached to an aromatic ring is 1. The van der Waals surface area contributed by atoms with E-state index >= 15 is 0 Å². The van der Waals surface area contributed by atoms with Crippen molar-refractivity contribution in [2.75, 3.05) is 18.6 Å². The van der Waals surface area contributed by atoms with E-state index in [0.29, 0.717) is 17.5 Å². The fourth-order valence-corrected chi connectivity index (χ4v) is 3.72. The third kappa shape index (κ3) is 5.54. The molecule has 1 amide bonds. The average Bonchev–Trinajstić information content (AvgIpc) is 3.06. The summed E-state index contributed by atoms with van der Waals surface area (Å²) in [6.07, 6.45) is 0. The van der Waals surface area contributed by atoms with Crippen molar-refractivity contribution in [2.24, 2.45) is 0 Å². The predicted molar refractivity (Wildman–Crippen MR) is 119 cm³/mol. The van der Waals surface area contributed by atoms with Gasteiger partial charge in [0.15, 0.2) is 5.82 Å². The molecule has 30 heavy (non-hydrogen) atoms. The van der Waals surface area contributed by atoms with Crippen LogP contribution in [0.1, 0.15) is 28.1 Å². The minimum atomic E-state index is -0.00310. The van der Waals surface area contributed by atoms with E-state index in [1.807, 2.05) is 57.2 Å². The highest BCUT2D eigenvalue weighted by Gasteiger charge is 2.15. The molecule has 2 N–H and O–H groups in total. The van der Waals surface area contributed by atoms with E-state index in [-0.39, 0.29) is 18.3 Å². The molecule has 0 aliphatic heterocycles. The SMILES string of the molecule is Cc1ccc(CN(C)C(=O)CSc2nnc(COc3ccc(C)cc3C)n2N)cc1. The van der Waals surface area contributed by atoms with Crippen molar-refractivity contribution < 1.29 is 9.53 Å². The van der Waals surface area contributed by atoms with Crippen LogP contribution in [0, 0.1) is 20.8 Å². The molecule has 0 aliphatic rings. The maximum atomic E-state index is 12.5. The number of nitrogens with two attached hydrogens (primary N) is 1. The van der Waals surface area contributed by atoms with E-state index in [4.69, 9.17) is 10.6 Å². The number of amides is 1. The largest absolute Gasteiger partial charge is 0.485 e. The Morgan fingerprint density at radius 3 is 2.50 bits per heavy atom. The van der Waals surface area contributed by atoms with Gasteiger partial charge in [-0.2, -0.15) is 0 Å². The summed E-state index contributed by atoms with van der Waals surface area (Å²) in [6.45, 7) is 6.84. The molecular formula is C22H27N5O2S. The summed E-state index contributed by atoms with van der Waals surface area (Å²) in [4.78, 5) is 14.2. The van der Waals surface area contributed by atoms with E-state index in [0.717, 1.165) is 16.9 Å². The molecule has 0 fully saturated rings. The van der Waals surface area contributed by atoms with E-state index in [9.17, 15) is 4.79 Å². The molecular weight excluding hydrogens is 398 g/mol. The van der Waals surface area contributed by atoms with E-state index < -0.39 is 0 Å². The number of benzene rings is 2. The van der Waals surface area contributed by atoms with E-state index in [2.05, 4.69) is 16.3 Å². The standard InChI is InChI=1S/C22H27N5O2S/c1-15-5-8-18(9-6-15)12-26(4)21(28)14-30-22-25-24-20(27(22)23)13-29-19-10-7-16(2)11-17(19)3/h5-11H,12-14,23H2,1-4H3. The summed E-state index contributed by atoms with van der Waals surface area (Å²) >= 11 is 1.26. The van der Waals surface area contributed by atoms with Gasteiger partial charge in [0.25, 0.3) is 0 Å². The zero-order valence-corrected chi connectivity index (χ0v) is 18.6. The quantitative estimate of drug-likeness (QED) is 0.440. The summed E-state index contributed by atoms with van der Waals surface area (Å²) in [7, 11) is 1.79. The Balaban J connectivity index is 1.52. The smallest absolute Gasteiger partial charge is 0.233 e. The van der Waals surface area contributed by atoms with Crippen molar-refractivity contribution in [3.05, 3.63) is 70.5 Å². The lowest BCUT2D eigenvalue weighted by Gasteiger charge is -2.17. The second-order valence-electron chi connectivity index (χ2n) is 7.35. The van der Waals surface area contributed by atoms with Crippen LogP contribution in [0.3, 0.4) is 0 Å². The zero-order valence-electron chi connectivity index (χ0n) is 17.8. The van der Waals surface area contributed by atoms with Crippen LogP contribution in [0.2, 0.25) is 0 Å². The van der Waals surface area contributed by atoms with Crippen LogP contribution in [0.25, 0.3) is 0 Å². The van der Waals surface area contributed by atoms with Gasteiger partial charge in [0.05, 0.1) is 5.75 Å². The maximum absolute atomic E-state index is 12.5. The fourth-order valence-electron chi connectivity index (χ4n) is 2.90. The predicted octanol–water partition coefficient (Wildman–Crippen LogP) is 3.25. The Morgan fingerprint density at radius 1 is 1.10 bits per heavy atom. The Kier molecular flexibility index (Phi) is 6.99. The molecule has 0 bridgehead atoms. The number of aromatic nitrogens is 3. The van der Waals surface area contributed by atoms with Crippen molar-refractivity contribution >= 4 is 17.7 Å². The molecule has 8 heteroatoms. The topological polar surface area (TPSA) is 86.3 Å². The van der Waals surface area contributed by atoms with Crippen molar-refractivity contribution in [1.29, 1.82) is 0 Å². The third-order valence-electron chi connectivity index (χ3n) is 4.71. The first-order chi connectivity index (χ1) is 14.3. The van der Waals surface area contributed by atoms with Crippen molar-refractivity contribution in [1.82, 2.24) is 19.8 Å². The van der Waals surface area contributed by atoms with Crippen LogP contribution in [0.15, 0.2) is 47.6 Å². The molecule has 2 aromatic carbocycles. The minimum Gasteiger partial charge on any atom is -0.485 e. The van der Waals surface area contributed by atoms with Gasteiger partial charge in [-0.3, -0.25) is 4.79 Å². The molecule has 0 atom stereocenters. The molecule has 158 valence electrons. The maximum Gasteiger partial charge on any atom is 0.233 e. The Morgan fingerprint density at radius 2 is 1.80 bits per heavy atom. The average molecular weight is 426 g/mol. The van der Waals surface area contributed by atoms with Crippen LogP contribution in [-0.4, -0.2) is 38.5 Å². The molecule has 1 heterocycles. The molecule has 3 aromatic rings. The summed E-state index contributed by atoms with van der Waals surface area (Å²) in [5.74, 6) is 7.61. The molecule has 0 spiro atoms. The fraction of sp³-hybridized carbons (Fsp3) is 0.318. The molecule has 3 rings (SSSR count). The van der Waals surface area contributed by atoms with Crippen molar-refractivity contribution in [2.45, 2.75) is 39.1 Å². The third-order valence-corrected chi connectivity index (χ3v) is 5.64. The van der Waals surface area contributed by atoms with Gasteiger partial charge in [-0.1, -0.05) is 59.3 Å². The number of ether oxygens (including phenoxy) is 1. The Labute approximate surface area is 181 Å². The molecule has 0 radical (unpaired) electrons. The van der Waals surface area contributed by atoms with Crippen LogP contribution >= 0.6 is 11.8 Å². The van der Waals surface area contributed by atoms with Gasteiger partial charge in [0, 0.05) is 13.6 Å². The van der Waals surface area contributed by atoms with E-state index in [1.54, 1.807) is 11.9 Å².